The van der Waals surface area contributed by atoms with Gasteiger partial charge in [-0.1, -0.05) is 13.8 Å². The highest BCUT2D eigenvalue weighted by Gasteiger charge is 2.24. The van der Waals surface area contributed by atoms with Gasteiger partial charge in [-0.25, -0.2) is 0 Å². The maximum atomic E-state index is 11.1. The molecule has 1 aliphatic rings. The van der Waals surface area contributed by atoms with Crippen LogP contribution in [0.15, 0.2) is 0 Å². The normalized spacial score (nSPS) is 25.1. The highest BCUT2D eigenvalue weighted by molar-refractivity contribution is 5.78. The first-order valence-electron chi connectivity index (χ1n) is 6.09. The predicted octanol–water partition coefficient (Wildman–Crippen LogP) is 3.39. The number of carbonyl (C=O) groups excluding carboxylic acids is 2. The molecule has 2 heteroatoms. The molecule has 0 bridgehead atoms. The summed E-state index contributed by atoms with van der Waals surface area (Å²) in [5.74, 6) is 1.43. The van der Waals surface area contributed by atoms with Gasteiger partial charge in [0.15, 0.2) is 0 Å². The number of rotatable bonds is 3. The zero-order valence-electron chi connectivity index (χ0n) is 10.5. The summed E-state index contributed by atoms with van der Waals surface area (Å²) in [6, 6.07) is 0. The lowest BCUT2D eigenvalue weighted by atomic mass is 9.78. The molecule has 0 spiro atoms. The van der Waals surface area contributed by atoms with Gasteiger partial charge in [-0.3, -0.25) is 4.79 Å². The monoisotopic (exact) mass is 212 g/mol. The Labute approximate surface area is 93.4 Å². The third-order valence-electron chi connectivity index (χ3n) is 3.00. The topological polar surface area (TPSA) is 34.1 Å². The van der Waals surface area contributed by atoms with Crippen LogP contribution in [0.2, 0.25) is 0 Å². The minimum Gasteiger partial charge on any atom is -0.300 e. The summed E-state index contributed by atoms with van der Waals surface area (Å²) >= 11 is 0. The fraction of sp³-hybridized carbons (Fsp3) is 0.846. The van der Waals surface area contributed by atoms with Crippen molar-refractivity contribution in [1.82, 2.24) is 0 Å². The minimum atomic E-state index is 0.281. The van der Waals surface area contributed by atoms with E-state index in [0.717, 1.165) is 25.7 Å². The first kappa shape index (κ1) is 14.3. The number of hydrogen-bond donors (Lipinski definition) is 0. The van der Waals surface area contributed by atoms with Gasteiger partial charge in [-0.15, -0.1) is 0 Å². The molecular formula is C13H24O2. The fourth-order valence-corrected chi connectivity index (χ4v) is 2.18. The molecule has 1 saturated carbocycles. The SMILES string of the molecule is CC.CC(=O)CC1CCC(C(C)=O)CC1. The van der Waals surface area contributed by atoms with Crippen molar-refractivity contribution >= 4 is 11.6 Å². The summed E-state index contributed by atoms with van der Waals surface area (Å²) in [6.45, 7) is 7.33. The van der Waals surface area contributed by atoms with Gasteiger partial charge in [-0.05, 0) is 45.4 Å². The lowest BCUT2D eigenvalue weighted by Gasteiger charge is -2.26. The second-order valence-electron chi connectivity index (χ2n) is 4.23. The van der Waals surface area contributed by atoms with Gasteiger partial charge in [0.05, 0.1) is 0 Å². The summed E-state index contributed by atoms with van der Waals surface area (Å²) in [4.78, 5) is 21.9. The molecule has 1 aliphatic carbocycles. The number of carbonyl (C=O) groups is 2. The van der Waals surface area contributed by atoms with Crippen molar-refractivity contribution < 1.29 is 9.59 Å². The van der Waals surface area contributed by atoms with Crippen LogP contribution >= 0.6 is 0 Å². The van der Waals surface area contributed by atoms with Gasteiger partial charge in [0.25, 0.3) is 0 Å². The molecule has 0 aromatic heterocycles. The molecule has 2 nitrogen and oxygen atoms in total. The molecule has 0 unspecified atom stereocenters. The molecule has 1 rings (SSSR count). The third kappa shape index (κ3) is 5.71. The molecule has 0 amide bonds. The van der Waals surface area contributed by atoms with E-state index in [0.29, 0.717) is 18.1 Å². The molecule has 1 fully saturated rings. The Morgan fingerprint density at radius 2 is 1.47 bits per heavy atom. The summed E-state index contributed by atoms with van der Waals surface area (Å²) in [6.07, 6.45) is 4.82. The number of hydrogen-bond acceptors (Lipinski definition) is 2. The molecule has 0 N–H and O–H groups in total. The molecule has 88 valence electrons. The molecule has 15 heavy (non-hydrogen) atoms. The van der Waals surface area contributed by atoms with Crippen molar-refractivity contribution in [2.45, 2.75) is 59.8 Å². The van der Waals surface area contributed by atoms with Crippen LogP contribution in [-0.4, -0.2) is 11.6 Å². The molecule has 0 radical (unpaired) electrons. The van der Waals surface area contributed by atoms with E-state index in [4.69, 9.17) is 0 Å². The van der Waals surface area contributed by atoms with Crippen LogP contribution in [0, 0.1) is 11.8 Å². The van der Waals surface area contributed by atoms with E-state index in [1.54, 1.807) is 13.8 Å². The average molecular weight is 212 g/mol. The van der Waals surface area contributed by atoms with Crippen LogP contribution in [0.4, 0.5) is 0 Å². The van der Waals surface area contributed by atoms with Crippen LogP contribution < -0.4 is 0 Å². The predicted molar refractivity (Wildman–Crippen MR) is 62.8 cm³/mol. The summed E-state index contributed by atoms with van der Waals surface area (Å²) in [7, 11) is 0. The van der Waals surface area contributed by atoms with Gasteiger partial charge >= 0.3 is 0 Å². The van der Waals surface area contributed by atoms with Crippen LogP contribution in [-0.2, 0) is 9.59 Å². The number of Topliss-reactive ketones (excluding diaryl/α,β-unsaturated/α-hetero) is 2. The van der Waals surface area contributed by atoms with Crippen LogP contribution in [0.1, 0.15) is 59.8 Å². The lowest BCUT2D eigenvalue weighted by molar-refractivity contribution is -0.122. The van der Waals surface area contributed by atoms with E-state index >= 15 is 0 Å². The first-order chi connectivity index (χ1) is 7.09. The van der Waals surface area contributed by atoms with E-state index in [1.807, 2.05) is 13.8 Å². The van der Waals surface area contributed by atoms with Crippen molar-refractivity contribution in [1.29, 1.82) is 0 Å². The number of ketones is 2. The molecule has 0 heterocycles. The van der Waals surface area contributed by atoms with Crippen LogP contribution in [0.5, 0.6) is 0 Å². The van der Waals surface area contributed by atoms with Gasteiger partial charge in [0, 0.05) is 12.3 Å². The standard InChI is InChI=1S/C11H18O2.C2H6/c1-8(12)7-10-3-5-11(6-4-10)9(2)13;1-2/h10-11H,3-7H2,1-2H3;1-2H3. The fourth-order valence-electron chi connectivity index (χ4n) is 2.18. The van der Waals surface area contributed by atoms with Crippen molar-refractivity contribution in [3.63, 3.8) is 0 Å². The Morgan fingerprint density at radius 1 is 1.00 bits per heavy atom. The van der Waals surface area contributed by atoms with E-state index in [2.05, 4.69) is 0 Å². The Kier molecular flexibility index (Phi) is 7.27. The maximum Gasteiger partial charge on any atom is 0.132 e. The highest BCUT2D eigenvalue weighted by Crippen LogP contribution is 2.31. The molecule has 0 aromatic rings. The van der Waals surface area contributed by atoms with Gasteiger partial charge in [-0.2, -0.15) is 0 Å². The quantitative estimate of drug-likeness (QED) is 0.718. The first-order valence-corrected chi connectivity index (χ1v) is 6.09. The van der Waals surface area contributed by atoms with Crippen LogP contribution in [0.3, 0.4) is 0 Å². The second-order valence-corrected chi connectivity index (χ2v) is 4.23. The Bertz CT molecular complexity index is 201. The molecule has 0 aliphatic heterocycles. The lowest BCUT2D eigenvalue weighted by Crippen LogP contribution is -2.20. The molecular weight excluding hydrogens is 188 g/mol. The third-order valence-corrected chi connectivity index (χ3v) is 3.00. The van der Waals surface area contributed by atoms with Gasteiger partial charge in [0.1, 0.15) is 11.6 Å². The van der Waals surface area contributed by atoms with Crippen molar-refractivity contribution in [2.24, 2.45) is 11.8 Å². The smallest absolute Gasteiger partial charge is 0.132 e. The minimum absolute atomic E-state index is 0.281. The van der Waals surface area contributed by atoms with Crippen molar-refractivity contribution in [2.75, 3.05) is 0 Å². The zero-order valence-corrected chi connectivity index (χ0v) is 10.5. The van der Waals surface area contributed by atoms with Gasteiger partial charge < -0.3 is 4.79 Å². The largest absolute Gasteiger partial charge is 0.300 e. The zero-order chi connectivity index (χ0) is 11.8. The highest BCUT2D eigenvalue weighted by atomic mass is 16.1. The van der Waals surface area contributed by atoms with E-state index in [-0.39, 0.29) is 11.7 Å². The van der Waals surface area contributed by atoms with Crippen LogP contribution in [0.25, 0.3) is 0 Å². The molecule has 0 atom stereocenters. The summed E-state index contributed by atoms with van der Waals surface area (Å²) in [5.41, 5.74) is 0. The average Bonchev–Trinajstić information content (AvgIpc) is 2.20. The Morgan fingerprint density at radius 3 is 1.80 bits per heavy atom. The Hall–Kier alpha value is -0.660. The van der Waals surface area contributed by atoms with Crippen molar-refractivity contribution in [3.05, 3.63) is 0 Å². The Balaban J connectivity index is 0.000000921. The maximum absolute atomic E-state index is 11.1. The van der Waals surface area contributed by atoms with Gasteiger partial charge in [0.2, 0.25) is 0 Å². The van der Waals surface area contributed by atoms with Crippen molar-refractivity contribution in [3.8, 4) is 0 Å². The van der Waals surface area contributed by atoms with E-state index in [9.17, 15) is 9.59 Å². The molecule has 0 aromatic carbocycles. The second kappa shape index (κ2) is 7.61. The van der Waals surface area contributed by atoms with E-state index < -0.39 is 0 Å². The molecule has 0 saturated heterocycles. The summed E-state index contributed by atoms with van der Waals surface area (Å²) in [5, 5.41) is 0. The summed E-state index contributed by atoms with van der Waals surface area (Å²) < 4.78 is 0. The van der Waals surface area contributed by atoms with E-state index in [1.165, 1.54) is 0 Å².